The number of benzene rings is 2. The first-order valence-electron chi connectivity index (χ1n) is 12.4. The fraction of sp³-hybridized carbons (Fsp3) is 0.156. The van der Waals surface area contributed by atoms with E-state index in [1.165, 1.54) is 22.3 Å². The molecule has 0 aliphatic carbocycles. The van der Waals surface area contributed by atoms with E-state index in [0.29, 0.717) is 5.71 Å². The fourth-order valence-electron chi connectivity index (χ4n) is 5.96. The van der Waals surface area contributed by atoms with Crippen LogP contribution < -0.4 is 4.57 Å². The Morgan fingerprint density at radius 1 is 1.00 bits per heavy atom. The Balaban J connectivity index is 1.49. The highest BCUT2D eigenvalue weighted by Gasteiger charge is 2.38. The van der Waals surface area contributed by atoms with E-state index in [1.807, 2.05) is 19.1 Å². The molecule has 0 spiro atoms. The summed E-state index contributed by atoms with van der Waals surface area (Å²) in [5, 5.41) is 2.13. The minimum Gasteiger partial charge on any atom is -0.438 e. The van der Waals surface area contributed by atoms with Gasteiger partial charge >= 0.3 is 0 Å². The molecule has 2 atom stereocenters. The molecule has 2 aliphatic rings. The number of allylic oxidation sites excluding steroid dienone is 1. The summed E-state index contributed by atoms with van der Waals surface area (Å²) < 4.78 is 8.45. The Kier molecular flexibility index (Phi) is 4.58. The van der Waals surface area contributed by atoms with Crippen LogP contribution in [-0.2, 0) is 6.42 Å². The number of aryl methyl sites for hydroxylation is 2. The highest BCUT2D eigenvalue weighted by atomic mass is 16.3. The maximum Gasteiger partial charge on any atom is 0.227 e. The van der Waals surface area contributed by atoms with Crippen molar-refractivity contribution in [3.63, 3.8) is 0 Å². The van der Waals surface area contributed by atoms with Gasteiger partial charge < -0.3 is 4.42 Å². The number of hydrogen-bond donors (Lipinski definition) is 0. The molecule has 2 aliphatic heterocycles. The van der Waals surface area contributed by atoms with E-state index in [-0.39, 0.29) is 12.0 Å². The number of hydrogen-bond acceptors (Lipinski definition) is 3. The van der Waals surface area contributed by atoms with Crippen molar-refractivity contribution in [3.8, 4) is 11.3 Å². The Bertz CT molecular complexity index is 1760. The molecule has 36 heavy (non-hydrogen) atoms. The summed E-state index contributed by atoms with van der Waals surface area (Å²) in [5.74, 6) is 0.222. The maximum atomic E-state index is 6.23. The normalized spacial score (nSPS) is 18.8. The second-order valence-corrected chi connectivity index (χ2v) is 9.76. The standard InChI is InChI=1S/C32H26N3O/c1-4-28-23-10-6-5-9-22(23)24-15-13-21-17-30-27(25-14-12-19(2)33-32(25)36-30)18-26(21)29-11-7-8-16-35(29)20(3)31(24)34-28/h4-12,14,16-18,24,31H,1,3,13,15H2,2H3/q+1. The van der Waals surface area contributed by atoms with Crippen LogP contribution in [0.1, 0.15) is 34.7 Å². The molecule has 4 nitrogen and oxygen atoms in total. The van der Waals surface area contributed by atoms with Crippen LogP contribution in [-0.4, -0.2) is 16.7 Å². The minimum absolute atomic E-state index is 0.0654. The van der Waals surface area contributed by atoms with Crippen molar-refractivity contribution in [2.75, 3.05) is 0 Å². The second kappa shape index (κ2) is 7.85. The van der Waals surface area contributed by atoms with Gasteiger partial charge in [0.25, 0.3) is 0 Å². The number of furan rings is 1. The third-order valence-corrected chi connectivity index (χ3v) is 7.70. The van der Waals surface area contributed by atoms with Gasteiger partial charge in [-0.3, -0.25) is 4.99 Å². The molecule has 0 bridgehead atoms. The SMILES string of the molecule is C=CC1=NC2C(=C)[n+]3ccccc3-c3cc4c(cc3CCC2c2ccccc21)oc1nc(C)ccc14. The summed E-state index contributed by atoms with van der Waals surface area (Å²) in [5.41, 5.74) is 10.5. The van der Waals surface area contributed by atoms with Gasteiger partial charge in [0.05, 0.1) is 11.3 Å². The predicted octanol–water partition coefficient (Wildman–Crippen LogP) is 6.80. The lowest BCUT2D eigenvalue weighted by Crippen LogP contribution is -2.42. The van der Waals surface area contributed by atoms with Crippen molar-refractivity contribution in [1.29, 1.82) is 0 Å². The number of aliphatic imine (C=N–C) groups is 1. The van der Waals surface area contributed by atoms with Crippen LogP contribution in [0.3, 0.4) is 0 Å². The van der Waals surface area contributed by atoms with Gasteiger partial charge in [-0.25, -0.2) is 4.98 Å². The molecular weight excluding hydrogens is 442 g/mol. The first-order valence-corrected chi connectivity index (χ1v) is 12.4. The van der Waals surface area contributed by atoms with Gasteiger partial charge in [0, 0.05) is 40.1 Å². The number of rotatable bonds is 1. The van der Waals surface area contributed by atoms with E-state index >= 15 is 0 Å². The van der Waals surface area contributed by atoms with E-state index in [1.54, 1.807) is 0 Å². The Morgan fingerprint density at radius 2 is 1.86 bits per heavy atom. The van der Waals surface area contributed by atoms with E-state index < -0.39 is 0 Å². The summed E-state index contributed by atoms with van der Waals surface area (Å²) in [7, 11) is 0. The summed E-state index contributed by atoms with van der Waals surface area (Å²) in [6, 6.07) is 23.5. The highest BCUT2D eigenvalue weighted by molar-refractivity contribution is 6.10. The number of pyridine rings is 2. The van der Waals surface area contributed by atoms with E-state index in [2.05, 4.69) is 89.6 Å². The molecule has 0 N–H and O–H groups in total. The summed E-state index contributed by atoms with van der Waals surface area (Å²) >= 11 is 0. The monoisotopic (exact) mass is 468 g/mol. The van der Waals surface area contributed by atoms with Crippen molar-refractivity contribution in [2.45, 2.75) is 31.7 Å². The van der Waals surface area contributed by atoms with Crippen molar-refractivity contribution < 1.29 is 8.98 Å². The van der Waals surface area contributed by atoms with Gasteiger partial charge in [-0.15, -0.1) is 0 Å². The lowest BCUT2D eigenvalue weighted by atomic mass is 9.79. The lowest BCUT2D eigenvalue weighted by Gasteiger charge is -2.30. The average Bonchev–Trinajstić information content (AvgIpc) is 3.27. The molecule has 0 amide bonds. The molecule has 0 saturated heterocycles. The van der Waals surface area contributed by atoms with Gasteiger partial charge in [0.1, 0.15) is 11.6 Å². The Morgan fingerprint density at radius 3 is 2.75 bits per heavy atom. The molecule has 3 aromatic heterocycles. The van der Waals surface area contributed by atoms with Gasteiger partial charge in [0.15, 0.2) is 6.20 Å². The summed E-state index contributed by atoms with van der Waals surface area (Å²) in [6.45, 7) is 10.7. The molecular formula is C32H26N3O+. The Labute approximate surface area is 210 Å². The van der Waals surface area contributed by atoms with Crippen molar-refractivity contribution in [1.82, 2.24) is 4.98 Å². The van der Waals surface area contributed by atoms with Crippen LogP contribution in [0.15, 0.2) is 102 Å². The second-order valence-electron chi connectivity index (χ2n) is 9.76. The highest BCUT2D eigenvalue weighted by Crippen LogP contribution is 2.41. The molecule has 2 aromatic carbocycles. The summed E-state index contributed by atoms with van der Waals surface area (Å²) in [4.78, 5) is 9.83. The topological polar surface area (TPSA) is 42.3 Å². The molecule has 7 rings (SSSR count). The zero-order valence-corrected chi connectivity index (χ0v) is 20.2. The van der Waals surface area contributed by atoms with Crippen molar-refractivity contribution in [2.24, 2.45) is 4.99 Å². The third-order valence-electron chi connectivity index (χ3n) is 7.70. The van der Waals surface area contributed by atoms with Crippen LogP contribution in [0.2, 0.25) is 0 Å². The Hall–Kier alpha value is -4.31. The first-order chi connectivity index (χ1) is 17.6. The molecule has 174 valence electrons. The van der Waals surface area contributed by atoms with Crippen LogP contribution in [0.25, 0.3) is 39.0 Å². The van der Waals surface area contributed by atoms with Crippen LogP contribution in [0, 0.1) is 6.92 Å². The molecule has 0 radical (unpaired) electrons. The average molecular weight is 469 g/mol. The zero-order chi connectivity index (χ0) is 24.4. The van der Waals surface area contributed by atoms with Crippen LogP contribution >= 0.6 is 0 Å². The fourth-order valence-corrected chi connectivity index (χ4v) is 5.96. The van der Waals surface area contributed by atoms with E-state index in [0.717, 1.165) is 52.0 Å². The number of nitrogens with zero attached hydrogens (tertiary/aromatic N) is 3. The molecule has 5 aromatic rings. The van der Waals surface area contributed by atoms with Crippen LogP contribution in [0.4, 0.5) is 0 Å². The van der Waals surface area contributed by atoms with Gasteiger partial charge in [-0.2, -0.15) is 4.57 Å². The van der Waals surface area contributed by atoms with E-state index in [4.69, 9.17) is 9.41 Å². The van der Waals surface area contributed by atoms with Crippen LogP contribution in [0.5, 0.6) is 0 Å². The number of fused-ring (bicyclic) bond motifs is 9. The van der Waals surface area contributed by atoms with Gasteiger partial charge in [0.2, 0.25) is 17.1 Å². The smallest absolute Gasteiger partial charge is 0.227 e. The quantitative estimate of drug-likeness (QED) is 0.254. The molecule has 0 saturated carbocycles. The summed E-state index contributed by atoms with van der Waals surface area (Å²) in [6.07, 6.45) is 5.84. The van der Waals surface area contributed by atoms with E-state index in [9.17, 15) is 0 Å². The zero-order valence-electron chi connectivity index (χ0n) is 20.2. The third kappa shape index (κ3) is 3.04. The molecule has 4 heteroatoms. The maximum absolute atomic E-state index is 6.23. The van der Waals surface area contributed by atoms with Crippen molar-refractivity contribution >= 4 is 33.5 Å². The minimum atomic E-state index is -0.0654. The van der Waals surface area contributed by atoms with Crippen molar-refractivity contribution in [3.05, 3.63) is 115 Å². The molecule has 5 heterocycles. The van der Waals surface area contributed by atoms with Gasteiger partial charge in [-0.05, 0) is 73.9 Å². The van der Waals surface area contributed by atoms with Gasteiger partial charge in [-0.1, -0.05) is 30.8 Å². The first kappa shape index (κ1) is 21.0. The lowest BCUT2D eigenvalue weighted by molar-refractivity contribution is -0.572. The predicted molar refractivity (Wildman–Crippen MR) is 145 cm³/mol. The largest absolute Gasteiger partial charge is 0.438 e. The molecule has 0 fully saturated rings. The number of aromatic nitrogens is 2. The molecule has 2 unspecified atom stereocenters.